The van der Waals surface area contributed by atoms with Gasteiger partial charge < -0.3 is 10.6 Å². The van der Waals surface area contributed by atoms with E-state index in [0.717, 1.165) is 57.1 Å². The molecule has 29 heavy (non-hydrogen) atoms. The molecule has 156 valence electrons. The number of benzene rings is 1. The molecule has 1 aromatic carbocycles. The third-order valence-corrected chi connectivity index (χ3v) is 6.96. The van der Waals surface area contributed by atoms with Gasteiger partial charge in [-0.05, 0) is 81.7 Å². The Balaban J connectivity index is 1.41. The summed E-state index contributed by atoms with van der Waals surface area (Å²) in [6.07, 6.45) is 13.4. The summed E-state index contributed by atoms with van der Waals surface area (Å²) in [6.45, 7) is 4.26. The lowest BCUT2D eigenvalue weighted by Gasteiger charge is -2.39. The van der Waals surface area contributed by atoms with Crippen LogP contribution in [0.5, 0.6) is 0 Å². The Morgan fingerprint density at radius 1 is 1.07 bits per heavy atom. The maximum atomic E-state index is 13.5. The molecule has 1 amide bonds. The van der Waals surface area contributed by atoms with Crippen molar-refractivity contribution in [3.8, 4) is 0 Å². The summed E-state index contributed by atoms with van der Waals surface area (Å²) in [5, 5.41) is 11.5. The first-order valence-corrected chi connectivity index (χ1v) is 11.2. The highest BCUT2D eigenvalue weighted by atomic mass is 16.2. The molecule has 1 aromatic heterocycles. The number of anilines is 1. The molecule has 4 rings (SSSR count). The van der Waals surface area contributed by atoms with Gasteiger partial charge in [0.05, 0.1) is 6.04 Å². The fourth-order valence-electron chi connectivity index (χ4n) is 4.96. The van der Waals surface area contributed by atoms with E-state index >= 15 is 0 Å². The van der Waals surface area contributed by atoms with Gasteiger partial charge in [-0.3, -0.25) is 9.48 Å². The summed E-state index contributed by atoms with van der Waals surface area (Å²) in [4.78, 5) is 13.5. The number of hydrogen-bond acceptors (Lipinski definition) is 3. The predicted octanol–water partition coefficient (Wildman–Crippen LogP) is 4.91. The van der Waals surface area contributed by atoms with Gasteiger partial charge in [-0.2, -0.15) is 5.10 Å². The molecule has 2 N–H and O–H groups in total. The second-order valence-corrected chi connectivity index (χ2v) is 9.03. The maximum absolute atomic E-state index is 13.5. The second-order valence-electron chi connectivity index (χ2n) is 9.03. The average Bonchev–Trinajstić information content (AvgIpc) is 3.27. The van der Waals surface area contributed by atoms with Crippen LogP contribution in [-0.2, 0) is 4.79 Å². The van der Waals surface area contributed by atoms with Gasteiger partial charge in [-0.1, -0.05) is 25.3 Å². The van der Waals surface area contributed by atoms with Crippen LogP contribution in [-0.4, -0.2) is 27.3 Å². The highest BCUT2D eigenvalue weighted by Crippen LogP contribution is 2.34. The average molecular weight is 395 g/mol. The largest absolute Gasteiger partial charge is 0.371 e. The number of nitrogens with zero attached hydrogens (tertiary/aromatic N) is 2. The van der Waals surface area contributed by atoms with E-state index in [4.69, 9.17) is 0 Å². The van der Waals surface area contributed by atoms with Gasteiger partial charge in [0, 0.05) is 24.1 Å². The zero-order valence-corrected chi connectivity index (χ0v) is 17.8. The van der Waals surface area contributed by atoms with Crippen LogP contribution in [0.15, 0.2) is 36.7 Å². The first-order chi connectivity index (χ1) is 14.1. The molecule has 2 saturated carbocycles. The van der Waals surface area contributed by atoms with Gasteiger partial charge in [-0.25, -0.2) is 0 Å². The fourth-order valence-corrected chi connectivity index (χ4v) is 4.96. The Morgan fingerprint density at radius 3 is 2.48 bits per heavy atom. The molecule has 2 aliphatic rings. The standard InChI is InChI=1S/C24H34N4O/c1-18-7-8-21(17-19(18)2)27-24(13-4-3-5-14-24)23(29)26-20-9-11-22(12-10-20)28-16-6-15-25-28/h6-8,15-17,20,22,27H,3-5,9-14H2,1-2H3,(H,26,29). The van der Waals surface area contributed by atoms with Crippen LogP contribution in [0.2, 0.25) is 0 Å². The lowest BCUT2D eigenvalue weighted by atomic mass is 9.80. The van der Waals surface area contributed by atoms with E-state index in [1.165, 1.54) is 17.5 Å². The molecule has 0 radical (unpaired) electrons. The van der Waals surface area contributed by atoms with E-state index in [2.05, 4.69) is 52.5 Å². The summed E-state index contributed by atoms with van der Waals surface area (Å²) in [6, 6.07) is 9.15. The van der Waals surface area contributed by atoms with E-state index in [-0.39, 0.29) is 11.9 Å². The summed E-state index contributed by atoms with van der Waals surface area (Å²) >= 11 is 0. The van der Waals surface area contributed by atoms with E-state index in [0.29, 0.717) is 6.04 Å². The number of carbonyl (C=O) groups is 1. The number of rotatable bonds is 5. The van der Waals surface area contributed by atoms with Crippen LogP contribution in [0, 0.1) is 13.8 Å². The highest BCUT2D eigenvalue weighted by molar-refractivity contribution is 5.89. The predicted molar refractivity (Wildman–Crippen MR) is 117 cm³/mol. The summed E-state index contributed by atoms with van der Waals surface area (Å²) in [5.74, 6) is 0.193. The number of nitrogens with one attached hydrogen (secondary N) is 2. The highest BCUT2D eigenvalue weighted by Gasteiger charge is 2.40. The molecule has 2 fully saturated rings. The molecule has 0 aliphatic heterocycles. The molecule has 0 spiro atoms. The number of carbonyl (C=O) groups excluding carboxylic acids is 1. The van der Waals surface area contributed by atoms with Gasteiger partial charge in [0.25, 0.3) is 0 Å². The zero-order chi connectivity index (χ0) is 20.3. The third kappa shape index (κ3) is 4.49. The lowest BCUT2D eigenvalue weighted by molar-refractivity contribution is -0.127. The second kappa shape index (κ2) is 8.60. The lowest BCUT2D eigenvalue weighted by Crippen LogP contribution is -2.56. The minimum Gasteiger partial charge on any atom is -0.371 e. The molecule has 5 heteroatoms. The molecule has 1 heterocycles. The van der Waals surface area contributed by atoms with Crippen molar-refractivity contribution >= 4 is 11.6 Å². The first kappa shape index (κ1) is 20.0. The van der Waals surface area contributed by atoms with E-state index in [9.17, 15) is 4.79 Å². The van der Waals surface area contributed by atoms with Gasteiger partial charge in [0.1, 0.15) is 5.54 Å². The Labute approximate surface area is 174 Å². The van der Waals surface area contributed by atoms with Crippen molar-refractivity contribution in [1.29, 1.82) is 0 Å². The normalized spacial score (nSPS) is 24.1. The molecule has 5 nitrogen and oxygen atoms in total. The number of hydrogen-bond donors (Lipinski definition) is 2. The van der Waals surface area contributed by atoms with Crippen molar-refractivity contribution in [2.75, 3.05) is 5.32 Å². The van der Waals surface area contributed by atoms with E-state index in [1.54, 1.807) is 0 Å². The first-order valence-electron chi connectivity index (χ1n) is 11.2. The molecular weight excluding hydrogens is 360 g/mol. The number of amides is 1. The Morgan fingerprint density at radius 2 is 1.83 bits per heavy atom. The Bertz CT molecular complexity index is 815. The Kier molecular flexibility index (Phi) is 5.93. The minimum atomic E-state index is -0.473. The molecule has 0 bridgehead atoms. The van der Waals surface area contributed by atoms with Crippen LogP contribution in [0.4, 0.5) is 5.69 Å². The third-order valence-electron chi connectivity index (χ3n) is 6.96. The Hall–Kier alpha value is -2.30. The molecule has 0 saturated heterocycles. The van der Waals surface area contributed by atoms with Crippen molar-refractivity contribution < 1.29 is 4.79 Å². The van der Waals surface area contributed by atoms with Crippen LogP contribution in [0.1, 0.15) is 75.0 Å². The van der Waals surface area contributed by atoms with E-state index in [1.807, 2.05) is 18.5 Å². The summed E-state index contributed by atoms with van der Waals surface area (Å²) in [7, 11) is 0. The summed E-state index contributed by atoms with van der Waals surface area (Å²) in [5.41, 5.74) is 3.14. The van der Waals surface area contributed by atoms with E-state index < -0.39 is 5.54 Å². The van der Waals surface area contributed by atoms with Gasteiger partial charge >= 0.3 is 0 Å². The van der Waals surface area contributed by atoms with Crippen molar-refractivity contribution in [2.45, 2.75) is 89.3 Å². The minimum absolute atomic E-state index is 0.193. The van der Waals surface area contributed by atoms with Crippen molar-refractivity contribution in [2.24, 2.45) is 0 Å². The molecule has 0 unspecified atom stereocenters. The SMILES string of the molecule is Cc1ccc(NC2(C(=O)NC3CCC(n4cccn4)CC3)CCCCC2)cc1C. The summed E-state index contributed by atoms with van der Waals surface area (Å²) < 4.78 is 2.07. The van der Waals surface area contributed by atoms with Gasteiger partial charge in [0.15, 0.2) is 0 Å². The molecule has 2 aliphatic carbocycles. The zero-order valence-electron chi connectivity index (χ0n) is 17.8. The van der Waals surface area contributed by atoms with Crippen LogP contribution >= 0.6 is 0 Å². The quantitative estimate of drug-likeness (QED) is 0.757. The fraction of sp³-hybridized carbons (Fsp3) is 0.583. The smallest absolute Gasteiger partial charge is 0.245 e. The number of aryl methyl sites for hydroxylation is 2. The van der Waals surface area contributed by atoms with Gasteiger partial charge in [-0.15, -0.1) is 0 Å². The molecule has 0 atom stereocenters. The number of aromatic nitrogens is 2. The topological polar surface area (TPSA) is 59.0 Å². The monoisotopic (exact) mass is 394 g/mol. The molecular formula is C24H34N4O. The van der Waals surface area contributed by atoms with Crippen molar-refractivity contribution in [3.63, 3.8) is 0 Å². The van der Waals surface area contributed by atoms with Crippen molar-refractivity contribution in [3.05, 3.63) is 47.8 Å². The van der Waals surface area contributed by atoms with Crippen LogP contribution in [0.25, 0.3) is 0 Å². The van der Waals surface area contributed by atoms with Crippen molar-refractivity contribution in [1.82, 2.24) is 15.1 Å². The van der Waals surface area contributed by atoms with Gasteiger partial charge in [0.2, 0.25) is 5.91 Å². The van der Waals surface area contributed by atoms with Crippen LogP contribution in [0.3, 0.4) is 0 Å². The maximum Gasteiger partial charge on any atom is 0.245 e. The molecule has 2 aromatic rings. The van der Waals surface area contributed by atoms with Crippen LogP contribution < -0.4 is 10.6 Å².